The smallest absolute Gasteiger partial charge is 0.333 e. The second kappa shape index (κ2) is 8.15. The van der Waals surface area contributed by atoms with Crippen molar-refractivity contribution in [2.24, 2.45) is 0 Å². The predicted molar refractivity (Wildman–Crippen MR) is 92.8 cm³/mol. The zero-order valence-electron chi connectivity index (χ0n) is 14.4. The number of nitrogens with one attached hydrogen (secondary N) is 1. The van der Waals surface area contributed by atoms with Gasteiger partial charge in [0.15, 0.2) is 12.1 Å². The van der Waals surface area contributed by atoms with Crippen LogP contribution in [0.4, 0.5) is 0 Å². The molecule has 0 aromatic heterocycles. The molecule has 1 atom stereocenters. The Morgan fingerprint density at radius 2 is 1.58 bits per heavy atom. The molecule has 136 valence electrons. The van der Waals surface area contributed by atoms with Gasteiger partial charge < -0.3 is 19.9 Å². The number of ether oxygens (including phenoxy) is 2. The molecule has 0 heterocycles. The summed E-state index contributed by atoms with van der Waals surface area (Å²) in [5, 5.41) is 12.0. The maximum atomic E-state index is 12.2. The van der Waals surface area contributed by atoms with Crippen molar-refractivity contribution >= 4 is 17.8 Å². The van der Waals surface area contributed by atoms with E-state index in [0.717, 1.165) is 0 Å². The Balaban J connectivity index is 1.98. The van der Waals surface area contributed by atoms with Crippen molar-refractivity contribution < 1.29 is 29.0 Å². The van der Waals surface area contributed by atoms with Crippen molar-refractivity contribution in [3.63, 3.8) is 0 Å². The molecule has 0 aliphatic carbocycles. The van der Waals surface area contributed by atoms with Gasteiger partial charge in [0.2, 0.25) is 0 Å². The zero-order chi connectivity index (χ0) is 19.2. The Labute approximate surface area is 150 Å². The van der Waals surface area contributed by atoms with E-state index in [2.05, 4.69) is 5.32 Å². The molecule has 0 bridgehead atoms. The van der Waals surface area contributed by atoms with Crippen molar-refractivity contribution in [1.82, 2.24) is 5.32 Å². The van der Waals surface area contributed by atoms with Crippen LogP contribution in [0.25, 0.3) is 0 Å². The fourth-order valence-corrected chi connectivity index (χ4v) is 2.25. The Morgan fingerprint density at radius 1 is 1.00 bits per heavy atom. The van der Waals surface area contributed by atoms with E-state index in [9.17, 15) is 19.5 Å². The largest absolute Gasteiger partial charge is 0.484 e. The number of carboxylic acid groups (broad SMARTS) is 1. The molecule has 26 heavy (non-hydrogen) atoms. The maximum absolute atomic E-state index is 12.2. The lowest BCUT2D eigenvalue weighted by Gasteiger charge is -2.26. The molecule has 0 spiro atoms. The molecule has 2 rings (SSSR count). The first-order valence-corrected chi connectivity index (χ1v) is 7.82. The molecule has 2 N–H and O–H groups in total. The quantitative estimate of drug-likeness (QED) is 0.581. The first kappa shape index (κ1) is 19.0. The number of aliphatic carboxylic acids is 1. The van der Waals surface area contributed by atoms with Crippen LogP contribution in [0, 0.1) is 0 Å². The molecule has 2 aromatic rings. The van der Waals surface area contributed by atoms with Crippen molar-refractivity contribution in [3.05, 3.63) is 60.2 Å². The van der Waals surface area contributed by atoms with Crippen LogP contribution in [0.5, 0.6) is 11.5 Å². The Hall–Kier alpha value is -3.35. The van der Waals surface area contributed by atoms with Gasteiger partial charge >= 0.3 is 11.9 Å². The third-order valence-electron chi connectivity index (χ3n) is 3.62. The first-order chi connectivity index (χ1) is 12.3. The Kier molecular flexibility index (Phi) is 5.95. The Bertz CT molecular complexity index is 787. The van der Waals surface area contributed by atoms with E-state index in [1.54, 1.807) is 42.5 Å². The van der Waals surface area contributed by atoms with Crippen LogP contribution in [0.15, 0.2) is 54.6 Å². The van der Waals surface area contributed by atoms with Gasteiger partial charge in [-0.3, -0.25) is 9.59 Å². The van der Waals surface area contributed by atoms with Crippen LogP contribution in [-0.2, 0) is 19.9 Å². The van der Waals surface area contributed by atoms with Crippen LogP contribution < -0.4 is 14.8 Å². The van der Waals surface area contributed by atoms with Gasteiger partial charge in [-0.15, -0.1) is 0 Å². The van der Waals surface area contributed by atoms with Crippen LogP contribution in [0.3, 0.4) is 0 Å². The lowest BCUT2D eigenvalue weighted by molar-refractivity contribution is -0.147. The molecule has 0 aliphatic rings. The molecule has 0 aliphatic heterocycles. The van der Waals surface area contributed by atoms with Gasteiger partial charge in [0.25, 0.3) is 5.91 Å². The maximum Gasteiger partial charge on any atom is 0.333 e. The highest BCUT2D eigenvalue weighted by atomic mass is 16.5. The highest BCUT2D eigenvalue weighted by Gasteiger charge is 2.36. The average Bonchev–Trinajstić information content (AvgIpc) is 2.61. The molecular weight excluding hydrogens is 338 g/mol. The summed E-state index contributed by atoms with van der Waals surface area (Å²) < 4.78 is 10.2. The van der Waals surface area contributed by atoms with E-state index in [1.165, 1.54) is 26.0 Å². The van der Waals surface area contributed by atoms with Gasteiger partial charge in [-0.25, -0.2) is 4.79 Å². The van der Waals surface area contributed by atoms with E-state index in [4.69, 9.17) is 9.47 Å². The van der Waals surface area contributed by atoms with Crippen molar-refractivity contribution in [1.29, 1.82) is 0 Å². The zero-order valence-corrected chi connectivity index (χ0v) is 14.4. The van der Waals surface area contributed by atoms with Crippen LogP contribution in [0.1, 0.15) is 19.4 Å². The number of carboxylic acids is 1. The molecule has 7 heteroatoms. The highest BCUT2D eigenvalue weighted by Crippen LogP contribution is 2.21. The van der Waals surface area contributed by atoms with Gasteiger partial charge in [-0.2, -0.15) is 0 Å². The number of esters is 1. The molecule has 0 radical (unpaired) electrons. The van der Waals surface area contributed by atoms with Crippen molar-refractivity contribution in [2.45, 2.75) is 19.4 Å². The van der Waals surface area contributed by atoms with Gasteiger partial charge in [0.1, 0.15) is 11.5 Å². The highest BCUT2D eigenvalue weighted by molar-refractivity contribution is 5.88. The van der Waals surface area contributed by atoms with Gasteiger partial charge in [-0.05, 0) is 36.8 Å². The molecule has 1 amide bonds. The number of hydrogen-bond donors (Lipinski definition) is 2. The molecule has 1 unspecified atom stereocenters. The monoisotopic (exact) mass is 357 g/mol. The van der Waals surface area contributed by atoms with Gasteiger partial charge in [0.05, 0.1) is 0 Å². The van der Waals surface area contributed by atoms with E-state index in [1.807, 2.05) is 0 Å². The van der Waals surface area contributed by atoms with E-state index >= 15 is 0 Å². The second-order valence-corrected chi connectivity index (χ2v) is 5.70. The molecule has 2 aromatic carbocycles. The average molecular weight is 357 g/mol. The van der Waals surface area contributed by atoms with Gasteiger partial charge in [-0.1, -0.05) is 30.3 Å². The number of benzene rings is 2. The number of amides is 1. The van der Waals surface area contributed by atoms with Crippen molar-refractivity contribution in [2.75, 3.05) is 6.61 Å². The predicted octanol–water partition coefficient (Wildman–Crippen LogP) is 2.11. The third kappa shape index (κ3) is 4.83. The normalized spacial score (nSPS) is 12.5. The summed E-state index contributed by atoms with van der Waals surface area (Å²) in [5.74, 6) is -1.46. The summed E-state index contributed by atoms with van der Waals surface area (Å²) in [5.41, 5.74) is -1.12. The molecular formula is C19H19NO6. The summed E-state index contributed by atoms with van der Waals surface area (Å²) >= 11 is 0. The van der Waals surface area contributed by atoms with Crippen molar-refractivity contribution in [3.8, 4) is 11.5 Å². The van der Waals surface area contributed by atoms with E-state index in [0.29, 0.717) is 17.1 Å². The number of hydrogen-bond acceptors (Lipinski definition) is 5. The standard InChI is InChI=1S/C19H19NO6/c1-13(21)26-16-10-8-15(9-11-16)25-12-17(22)20-19(2,18(23)24)14-6-4-3-5-7-14/h3-11H,12H2,1-2H3,(H,20,22)(H,23,24). The lowest BCUT2D eigenvalue weighted by Crippen LogP contribution is -2.50. The second-order valence-electron chi connectivity index (χ2n) is 5.70. The minimum Gasteiger partial charge on any atom is -0.484 e. The molecule has 7 nitrogen and oxygen atoms in total. The summed E-state index contributed by atoms with van der Waals surface area (Å²) in [7, 11) is 0. The lowest BCUT2D eigenvalue weighted by atomic mass is 9.92. The fourth-order valence-electron chi connectivity index (χ4n) is 2.25. The first-order valence-electron chi connectivity index (χ1n) is 7.82. The van der Waals surface area contributed by atoms with Crippen LogP contribution in [0.2, 0.25) is 0 Å². The molecule has 0 fully saturated rings. The number of carbonyl (C=O) groups excluding carboxylic acids is 2. The summed E-state index contributed by atoms with van der Waals surface area (Å²) in [6.07, 6.45) is 0. The summed E-state index contributed by atoms with van der Waals surface area (Å²) in [4.78, 5) is 34.7. The summed E-state index contributed by atoms with van der Waals surface area (Å²) in [6, 6.07) is 14.5. The fraction of sp³-hybridized carbons (Fsp3) is 0.211. The molecule has 0 saturated carbocycles. The van der Waals surface area contributed by atoms with Gasteiger partial charge in [0, 0.05) is 6.92 Å². The number of carbonyl (C=O) groups is 3. The van der Waals surface area contributed by atoms with Crippen LogP contribution in [-0.4, -0.2) is 29.6 Å². The Morgan fingerprint density at radius 3 is 2.12 bits per heavy atom. The van der Waals surface area contributed by atoms with E-state index in [-0.39, 0.29) is 6.61 Å². The summed E-state index contributed by atoms with van der Waals surface area (Å²) in [6.45, 7) is 2.35. The topological polar surface area (TPSA) is 102 Å². The minimum atomic E-state index is -1.57. The van der Waals surface area contributed by atoms with Crippen LogP contribution >= 0.6 is 0 Å². The third-order valence-corrected chi connectivity index (χ3v) is 3.62. The molecule has 0 saturated heterocycles. The number of rotatable bonds is 7. The minimum absolute atomic E-state index is 0.358. The van der Waals surface area contributed by atoms with E-state index < -0.39 is 23.4 Å². The SMILES string of the molecule is CC(=O)Oc1ccc(OCC(=O)NC(C)(C(=O)O)c2ccccc2)cc1.